The second kappa shape index (κ2) is 5.96. The van der Waals surface area contributed by atoms with Gasteiger partial charge in [-0.1, -0.05) is 13.3 Å². The highest BCUT2D eigenvalue weighted by Crippen LogP contribution is 2.27. The Hall–Kier alpha value is -0.940. The molecule has 0 aliphatic heterocycles. The van der Waals surface area contributed by atoms with Crippen molar-refractivity contribution in [1.82, 2.24) is 4.98 Å². The Labute approximate surface area is 102 Å². The second-order valence-electron chi connectivity index (χ2n) is 3.61. The van der Waals surface area contributed by atoms with Crippen molar-refractivity contribution in [3.63, 3.8) is 0 Å². The summed E-state index contributed by atoms with van der Waals surface area (Å²) in [6.45, 7) is 1.89. The number of nitrogens with zero attached hydrogens (tertiary/aromatic N) is 1. The molecule has 88 valence electrons. The third-order valence-electron chi connectivity index (χ3n) is 2.37. The average Bonchev–Trinajstić information content (AvgIpc) is 2.24. The SMILES string of the molecule is CCCC(C(=O)O)C(O)c1cncc(Br)c1. The Bertz CT molecular complexity index is 370. The van der Waals surface area contributed by atoms with Gasteiger partial charge in [-0.15, -0.1) is 0 Å². The van der Waals surface area contributed by atoms with Gasteiger partial charge in [-0.05, 0) is 28.4 Å². The summed E-state index contributed by atoms with van der Waals surface area (Å²) >= 11 is 3.23. The number of aliphatic hydroxyl groups is 1. The Kier molecular flexibility index (Phi) is 4.89. The van der Waals surface area contributed by atoms with Crippen molar-refractivity contribution in [2.75, 3.05) is 0 Å². The lowest BCUT2D eigenvalue weighted by Crippen LogP contribution is -2.22. The number of hydrogen-bond acceptors (Lipinski definition) is 3. The molecule has 0 saturated heterocycles. The monoisotopic (exact) mass is 287 g/mol. The van der Waals surface area contributed by atoms with Gasteiger partial charge in [-0.2, -0.15) is 0 Å². The molecular formula is C11H14BrNO3. The van der Waals surface area contributed by atoms with Gasteiger partial charge in [0.15, 0.2) is 0 Å². The van der Waals surface area contributed by atoms with Crippen LogP contribution in [0.15, 0.2) is 22.9 Å². The molecule has 0 spiro atoms. The minimum Gasteiger partial charge on any atom is -0.481 e. The lowest BCUT2D eigenvalue weighted by Gasteiger charge is -2.18. The van der Waals surface area contributed by atoms with Crippen LogP contribution in [0.5, 0.6) is 0 Å². The van der Waals surface area contributed by atoms with E-state index in [0.29, 0.717) is 12.0 Å². The second-order valence-corrected chi connectivity index (χ2v) is 4.53. The van der Waals surface area contributed by atoms with Crippen molar-refractivity contribution in [2.45, 2.75) is 25.9 Å². The lowest BCUT2D eigenvalue weighted by atomic mass is 9.93. The fraction of sp³-hybridized carbons (Fsp3) is 0.455. The highest BCUT2D eigenvalue weighted by Gasteiger charge is 2.27. The number of hydrogen-bond donors (Lipinski definition) is 2. The van der Waals surface area contributed by atoms with E-state index in [2.05, 4.69) is 20.9 Å². The summed E-state index contributed by atoms with van der Waals surface area (Å²) in [5.74, 6) is -1.75. The maximum Gasteiger partial charge on any atom is 0.309 e. The molecule has 1 rings (SSSR count). The van der Waals surface area contributed by atoms with E-state index >= 15 is 0 Å². The van der Waals surface area contributed by atoms with Crippen LogP contribution in [0.1, 0.15) is 31.4 Å². The van der Waals surface area contributed by atoms with Crippen molar-refractivity contribution in [3.8, 4) is 0 Å². The number of aliphatic hydroxyl groups excluding tert-OH is 1. The zero-order valence-corrected chi connectivity index (χ0v) is 10.5. The molecule has 2 atom stereocenters. The first kappa shape index (κ1) is 13.1. The number of carboxylic acid groups (broad SMARTS) is 1. The minimum absolute atomic E-state index is 0.447. The molecule has 0 amide bonds. The molecule has 5 heteroatoms. The molecule has 2 N–H and O–H groups in total. The van der Waals surface area contributed by atoms with Crippen LogP contribution < -0.4 is 0 Å². The number of halogens is 1. The van der Waals surface area contributed by atoms with Gasteiger partial charge < -0.3 is 10.2 Å². The van der Waals surface area contributed by atoms with Crippen molar-refractivity contribution >= 4 is 21.9 Å². The van der Waals surface area contributed by atoms with Gasteiger partial charge in [-0.3, -0.25) is 9.78 Å². The smallest absolute Gasteiger partial charge is 0.309 e. The Balaban J connectivity index is 2.89. The van der Waals surface area contributed by atoms with Crippen LogP contribution in [0.25, 0.3) is 0 Å². The Morgan fingerprint density at radius 2 is 2.25 bits per heavy atom. The molecule has 0 saturated carbocycles. The molecular weight excluding hydrogens is 274 g/mol. The largest absolute Gasteiger partial charge is 0.481 e. The number of aliphatic carboxylic acids is 1. The lowest BCUT2D eigenvalue weighted by molar-refractivity contribution is -0.146. The van der Waals surface area contributed by atoms with E-state index in [1.165, 1.54) is 6.20 Å². The van der Waals surface area contributed by atoms with Crippen molar-refractivity contribution < 1.29 is 15.0 Å². The predicted molar refractivity (Wildman–Crippen MR) is 62.9 cm³/mol. The molecule has 0 aromatic carbocycles. The van der Waals surface area contributed by atoms with E-state index in [4.69, 9.17) is 5.11 Å². The Morgan fingerprint density at radius 3 is 2.75 bits per heavy atom. The summed E-state index contributed by atoms with van der Waals surface area (Å²) < 4.78 is 0.727. The number of pyridine rings is 1. The summed E-state index contributed by atoms with van der Waals surface area (Å²) in [6, 6.07) is 1.68. The minimum atomic E-state index is -1.01. The highest BCUT2D eigenvalue weighted by molar-refractivity contribution is 9.10. The normalized spacial score (nSPS) is 14.4. The fourth-order valence-electron chi connectivity index (χ4n) is 1.55. The van der Waals surface area contributed by atoms with Crippen LogP contribution in [-0.4, -0.2) is 21.2 Å². The van der Waals surface area contributed by atoms with Crippen LogP contribution in [0.2, 0.25) is 0 Å². The van der Waals surface area contributed by atoms with Gasteiger partial charge in [0, 0.05) is 22.4 Å². The van der Waals surface area contributed by atoms with E-state index in [1.54, 1.807) is 12.3 Å². The predicted octanol–water partition coefficient (Wildman–Crippen LogP) is 2.38. The zero-order chi connectivity index (χ0) is 12.1. The first-order chi connectivity index (χ1) is 7.56. The molecule has 2 unspecified atom stereocenters. The maximum atomic E-state index is 11.0. The van der Waals surface area contributed by atoms with Gasteiger partial charge in [0.05, 0.1) is 12.0 Å². The van der Waals surface area contributed by atoms with Gasteiger partial charge in [0.25, 0.3) is 0 Å². The number of rotatable bonds is 5. The molecule has 4 nitrogen and oxygen atoms in total. The van der Waals surface area contributed by atoms with E-state index in [1.807, 2.05) is 6.92 Å². The zero-order valence-electron chi connectivity index (χ0n) is 8.93. The van der Waals surface area contributed by atoms with Crippen LogP contribution in [-0.2, 0) is 4.79 Å². The van der Waals surface area contributed by atoms with E-state index in [9.17, 15) is 9.90 Å². The van der Waals surface area contributed by atoms with Crippen LogP contribution in [0.4, 0.5) is 0 Å². The van der Waals surface area contributed by atoms with Crippen molar-refractivity contribution in [3.05, 3.63) is 28.5 Å². The van der Waals surface area contributed by atoms with E-state index < -0.39 is 18.0 Å². The molecule has 0 radical (unpaired) electrons. The van der Waals surface area contributed by atoms with Crippen LogP contribution in [0, 0.1) is 5.92 Å². The number of carboxylic acids is 1. The molecule has 16 heavy (non-hydrogen) atoms. The molecule has 0 aliphatic carbocycles. The standard InChI is InChI=1S/C11H14BrNO3/c1-2-3-9(11(15)16)10(14)7-4-8(12)6-13-5-7/h4-6,9-10,14H,2-3H2,1H3,(H,15,16). The molecule has 1 aromatic rings. The molecule has 0 fully saturated rings. The van der Waals surface area contributed by atoms with Crippen LogP contribution in [0.3, 0.4) is 0 Å². The summed E-state index contributed by atoms with van der Waals surface area (Å²) in [5.41, 5.74) is 0.523. The molecule has 1 heterocycles. The summed E-state index contributed by atoms with van der Waals surface area (Å²) in [4.78, 5) is 14.9. The third kappa shape index (κ3) is 3.28. The first-order valence-electron chi connectivity index (χ1n) is 5.07. The first-order valence-corrected chi connectivity index (χ1v) is 5.87. The van der Waals surface area contributed by atoms with Gasteiger partial charge >= 0.3 is 5.97 Å². The highest BCUT2D eigenvalue weighted by atomic mass is 79.9. The fourth-order valence-corrected chi connectivity index (χ4v) is 1.93. The maximum absolute atomic E-state index is 11.0. The molecule has 0 bridgehead atoms. The Morgan fingerprint density at radius 1 is 1.56 bits per heavy atom. The topological polar surface area (TPSA) is 70.4 Å². The quantitative estimate of drug-likeness (QED) is 0.872. The number of carbonyl (C=O) groups is 1. The van der Waals surface area contributed by atoms with E-state index in [-0.39, 0.29) is 0 Å². The average molecular weight is 288 g/mol. The van der Waals surface area contributed by atoms with Crippen LogP contribution >= 0.6 is 15.9 Å². The third-order valence-corrected chi connectivity index (χ3v) is 2.80. The summed E-state index contributed by atoms with van der Waals surface area (Å²) in [6.07, 6.45) is 3.23. The van der Waals surface area contributed by atoms with Crippen molar-refractivity contribution in [2.24, 2.45) is 5.92 Å². The van der Waals surface area contributed by atoms with Gasteiger partial charge in [-0.25, -0.2) is 0 Å². The number of aromatic nitrogens is 1. The van der Waals surface area contributed by atoms with E-state index in [0.717, 1.165) is 10.9 Å². The summed E-state index contributed by atoms with van der Waals surface area (Å²) in [5, 5.41) is 19.0. The molecule has 0 aliphatic rings. The van der Waals surface area contributed by atoms with Gasteiger partial charge in [0.2, 0.25) is 0 Å². The van der Waals surface area contributed by atoms with Gasteiger partial charge in [0.1, 0.15) is 0 Å². The molecule has 1 aromatic heterocycles. The summed E-state index contributed by atoms with van der Waals surface area (Å²) in [7, 11) is 0. The van der Waals surface area contributed by atoms with Crippen molar-refractivity contribution in [1.29, 1.82) is 0 Å².